The van der Waals surface area contributed by atoms with Crippen LogP contribution in [-0.2, 0) is 0 Å². The Morgan fingerprint density at radius 3 is 2.47 bits per heavy atom. The van der Waals surface area contributed by atoms with Gasteiger partial charge in [0.2, 0.25) is 0 Å². The molecule has 0 amide bonds. The zero-order valence-corrected chi connectivity index (χ0v) is 21.5. The molecule has 0 heteroatoms. The maximum absolute atomic E-state index is 2.74. The van der Waals surface area contributed by atoms with E-state index in [2.05, 4.69) is 46.8 Å². The van der Waals surface area contributed by atoms with Crippen molar-refractivity contribution in [3.8, 4) is 0 Å². The zero-order chi connectivity index (χ0) is 21.9. The first-order valence-corrected chi connectivity index (χ1v) is 13.8. The SMILES string of the molecule is CC.CCCCCC(CC)C1CCC2C3CC=C4C=C(C)CC[C@]4(C)C3CC[C@]12C. The van der Waals surface area contributed by atoms with Gasteiger partial charge in [-0.25, -0.2) is 0 Å². The van der Waals surface area contributed by atoms with Gasteiger partial charge in [-0.05, 0) is 97.9 Å². The number of unbranched alkanes of at least 4 members (excludes halogenated alkanes) is 2. The van der Waals surface area contributed by atoms with Gasteiger partial charge in [0, 0.05) is 0 Å². The van der Waals surface area contributed by atoms with E-state index in [0.717, 1.165) is 29.6 Å². The molecule has 0 aromatic carbocycles. The molecule has 0 N–H and O–H groups in total. The van der Waals surface area contributed by atoms with Crippen LogP contribution in [0.3, 0.4) is 0 Å². The molecule has 0 heterocycles. The van der Waals surface area contributed by atoms with Gasteiger partial charge in [-0.15, -0.1) is 0 Å². The predicted molar refractivity (Wildman–Crippen MR) is 134 cm³/mol. The molecule has 5 unspecified atom stereocenters. The molecular formula is C30H52. The second kappa shape index (κ2) is 9.95. The molecule has 4 aliphatic rings. The van der Waals surface area contributed by atoms with Gasteiger partial charge in [0.1, 0.15) is 0 Å². The first-order valence-electron chi connectivity index (χ1n) is 13.8. The number of hydrogen-bond donors (Lipinski definition) is 0. The highest BCUT2D eigenvalue weighted by Gasteiger charge is 2.58. The Morgan fingerprint density at radius 1 is 1.00 bits per heavy atom. The second-order valence-electron chi connectivity index (χ2n) is 11.6. The minimum atomic E-state index is 0.479. The van der Waals surface area contributed by atoms with Crippen LogP contribution >= 0.6 is 0 Å². The smallest absolute Gasteiger partial charge is 0.00443 e. The third-order valence-corrected chi connectivity index (χ3v) is 10.3. The van der Waals surface area contributed by atoms with Crippen molar-refractivity contribution in [2.45, 2.75) is 126 Å². The molecule has 172 valence electrons. The van der Waals surface area contributed by atoms with Crippen LogP contribution in [0.4, 0.5) is 0 Å². The molecule has 0 aromatic heterocycles. The lowest BCUT2D eigenvalue weighted by molar-refractivity contribution is -0.0472. The normalized spacial score (nSPS) is 40.8. The zero-order valence-electron chi connectivity index (χ0n) is 21.5. The quantitative estimate of drug-likeness (QED) is 0.381. The van der Waals surface area contributed by atoms with E-state index in [1.54, 1.807) is 11.1 Å². The largest absolute Gasteiger partial charge is 0.0805 e. The predicted octanol–water partition coefficient (Wildman–Crippen LogP) is 9.75. The van der Waals surface area contributed by atoms with Crippen LogP contribution in [0.5, 0.6) is 0 Å². The Balaban J connectivity index is 0.00000124. The summed E-state index contributed by atoms with van der Waals surface area (Å²) in [4.78, 5) is 0. The van der Waals surface area contributed by atoms with Gasteiger partial charge in [-0.1, -0.05) is 91.4 Å². The molecule has 2 saturated carbocycles. The average Bonchev–Trinajstić information content (AvgIpc) is 3.10. The van der Waals surface area contributed by atoms with E-state index in [1.807, 2.05) is 13.8 Å². The molecule has 4 aliphatic carbocycles. The Morgan fingerprint density at radius 2 is 1.77 bits per heavy atom. The van der Waals surface area contributed by atoms with E-state index in [-0.39, 0.29) is 0 Å². The standard InChI is InChI=1S/C28H46.C2H6/c1-6-8-9-10-21(7-2)24-13-14-25-23-12-11-22-19-20(3)15-17-27(22,4)26(23)16-18-28(24,25)5;1-2/h11,19,21,23-26H,6-10,12-18H2,1-5H3;1-2H3/t21?,23?,24?,25?,26?,27-,28+;/m0./s1. The Kier molecular flexibility index (Phi) is 8.01. The number of rotatable bonds is 6. The maximum Gasteiger partial charge on any atom is -0.00443 e. The highest BCUT2D eigenvalue weighted by Crippen LogP contribution is 2.67. The van der Waals surface area contributed by atoms with Crippen LogP contribution in [0.1, 0.15) is 126 Å². The molecule has 7 atom stereocenters. The summed E-state index contributed by atoms with van der Waals surface area (Å²) >= 11 is 0. The fraction of sp³-hybridized carbons (Fsp3) is 0.867. The van der Waals surface area contributed by atoms with E-state index in [9.17, 15) is 0 Å². The minimum Gasteiger partial charge on any atom is -0.0805 e. The molecule has 30 heavy (non-hydrogen) atoms. The van der Waals surface area contributed by atoms with Crippen molar-refractivity contribution < 1.29 is 0 Å². The van der Waals surface area contributed by atoms with Gasteiger partial charge in [-0.2, -0.15) is 0 Å². The Hall–Kier alpha value is -0.520. The number of fused-ring (bicyclic) bond motifs is 5. The number of allylic oxidation sites excluding steroid dienone is 4. The lowest BCUT2D eigenvalue weighted by atomic mass is 9.47. The van der Waals surface area contributed by atoms with E-state index < -0.39 is 0 Å². The fourth-order valence-electron chi connectivity index (χ4n) is 8.63. The molecule has 0 aliphatic heterocycles. The van der Waals surface area contributed by atoms with Crippen LogP contribution in [0.25, 0.3) is 0 Å². The highest BCUT2D eigenvalue weighted by atomic mass is 14.6. The van der Waals surface area contributed by atoms with Crippen LogP contribution in [0.15, 0.2) is 23.3 Å². The first kappa shape index (κ1) is 24.1. The van der Waals surface area contributed by atoms with Crippen molar-refractivity contribution in [1.82, 2.24) is 0 Å². The van der Waals surface area contributed by atoms with E-state index >= 15 is 0 Å². The molecule has 0 nitrogen and oxygen atoms in total. The van der Waals surface area contributed by atoms with Gasteiger partial charge in [-0.3, -0.25) is 0 Å². The fourth-order valence-corrected chi connectivity index (χ4v) is 8.63. The van der Waals surface area contributed by atoms with Crippen molar-refractivity contribution >= 4 is 0 Å². The molecule has 0 radical (unpaired) electrons. The molecule has 4 rings (SSSR count). The van der Waals surface area contributed by atoms with Gasteiger partial charge in [0.25, 0.3) is 0 Å². The summed E-state index contributed by atoms with van der Waals surface area (Å²) in [5.74, 6) is 4.92. The van der Waals surface area contributed by atoms with Crippen molar-refractivity contribution in [3.05, 3.63) is 23.3 Å². The van der Waals surface area contributed by atoms with Crippen molar-refractivity contribution in [2.75, 3.05) is 0 Å². The summed E-state index contributed by atoms with van der Waals surface area (Å²) in [6.07, 6.45) is 22.6. The van der Waals surface area contributed by atoms with Crippen molar-refractivity contribution in [1.29, 1.82) is 0 Å². The molecular weight excluding hydrogens is 360 g/mol. The van der Waals surface area contributed by atoms with Gasteiger partial charge < -0.3 is 0 Å². The van der Waals surface area contributed by atoms with E-state index in [4.69, 9.17) is 0 Å². The van der Waals surface area contributed by atoms with E-state index in [1.165, 1.54) is 77.0 Å². The monoisotopic (exact) mass is 412 g/mol. The van der Waals surface area contributed by atoms with Crippen molar-refractivity contribution in [2.24, 2.45) is 40.4 Å². The van der Waals surface area contributed by atoms with Crippen LogP contribution < -0.4 is 0 Å². The van der Waals surface area contributed by atoms with Gasteiger partial charge in [0.05, 0.1) is 0 Å². The molecule has 0 spiro atoms. The summed E-state index contributed by atoms with van der Waals surface area (Å²) in [7, 11) is 0. The number of hydrogen-bond acceptors (Lipinski definition) is 0. The lowest BCUT2D eigenvalue weighted by Gasteiger charge is -2.57. The summed E-state index contributed by atoms with van der Waals surface area (Å²) in [6, 6.07) is 0. The maximum atomic E-state index is 2.74. The molecule has 0 bridgehead atoms. The van der Waals surface area contributed by atoms with Gasteiger partial charge >= 0.3 is 0 Å². The van der Waals surface area contributed by atoms with E-state index in [0.29, 0.717) is 10.8 Å². The summed E-state index contributed by atoms with van der Waals surface area (Å²) < 4.78 is 0. The molecule has 0 aromatic rings. The summed E-state index contributed by atoms with van der Waals surface area (Å²) in [6.45, 7) is 16.5. The molecule has 2 fully saturated rings. The first-order chi connectivity index (χ1) is 14.4. The van der Waals surface area contributed by atoms with Crippen molar-refractivity contribution in [3.63, 3.8) is 0 Å². The van der Waals surface area contributed by atoms with Gasteiger partial charge in [0.15, 0.2) is 0 Å². The summed E-state index contributed by atoms with van der Waals surface area (Å²) in [5.41, 5.74) is 4.44. The van der Waals surface area contributed by atoms with Crippen LogP contribution in [0.2, 0.25) is 0 Å². The van der Waals surface area contributed by atoms with Crippen LogP contribution in [-0.4, -0.2) is 0 Å². The third kappa shape index (κ3) is 4.11. The minimum absolute atomic E-state index is 0.479. The highest BCUT2D eigenvalue weighted by molar-refractivity contribution is 5.36. The van der Waals surface area contributed by atoms with Crippen LogP contribution in [0, 0.1) is 40.4 Å². The Labute approximate surface area is 189 Å². The topological polar surface area (TPSA) is 0 Å². The second-order valence-corrected chi connectivity index (χ2v) is 11.6. The Bertz CT molecular complexity index is 624. The third-order valence-electron chi connectivity index (χ3n) is 10.3. The summed E-state index contributed by atoms with van der Waals surface area (Å²) in [5, 5.41) is 0. The average molecular weight is 413 g/mol. The molecule has 0 saturated heterocycles. The lowest BCUT2D eigenvalue weighted by Crippen LogP contribution is -2.49.